The summed E-state index contributed by atoms with van der Waals surface area (Å²) < 4.78 is 5.18. The zero-order chi connectivity index (χ0) is 36.0. The first-order chi connectivity index (χ1) is 27.3. The predicted molar refractivity (Wildman–Crippen MR) is 234 cm³/mol. The van der Waals surface area contributed by atoms with Gasteiger partial charge in [-0.15, -0.1) is 22.7 Å². The first kappa shape index (κ1) is 30.9. The molecular weight excluding hydrogens is 705 g/mol. The van der Waals surface area contributed by atoms with Crippen molar-refractivity contribution < 1.29 is 0 Å². The molecule has 0 saturated heterocycles. The highest BCUT2D eigenvalue weighted by Gasteiger charge is 2.31. The Balaban J connectivity index is 1.03. The lowest BCUT2D eigenvalue weighted by molar-refractivity contribution is 1.02. The molecule has 2 nitrogen and oxygen atoms in total. The van der Waals surface area contributed by atoms with Crippen LogP contribution >= 0.6 is 22.7 Å². The number of thiophene rings is 2. The fraction of sp³-hybridized carbons (Fsp3) is 0.0196. The van der Waals surface area contributed by atoms with Crippen LogP contribution in [0.1, 0.15) is 22.6 Å². The molecule has 0 radical (unpaired) electrons. The van der Waals surface area contributed by atoms with Crippen molar-refractivity contribution in [3.63, 3.8) is 0 Å². The van der Waals surface area contributed by atoms with Crippen LogP contribution in [0.3, 0.4) is 0 Å². The monoisotopic (exact) mass is 734 g/mol. The Morgan fingerprint density at radius 2 is 1.00 bits per heavy atom. The van der Waals surface area contributed by atoms with E-state index in [9.17, 15) is 0 Å². The molecule has 55 heavy (non-hydrogen) atoms. The van der Waals surface area contributed by atoms with E-state index in [1.54, 1.807) is 0 Å². The highest BCUT2D eigenvalue weighted by Crippen LogP contribution is 2.51. The van der Waals surface area contributed by atoms with Gasteiger partial charge in [0.1, 0.15) is 0 Å². The highest BCUT2D eigenvalue weighted by atomic mass is 32.1. The van der Waals surface area contributed by atoms with Crippen LogP contribution in [0, 0.1) is 0 Å². The number of hydrogen-bond acceptors (Lipinski definition) is 4. The Hall–Kier alpha value is -6.46. The lowest BCUT2D eigenvalue weighted by Gasteiger charge is -2.17. The molecule has 0 amide bonds. The molecule has 0 bridgehead atoms. The molecule has 0 spiro atoms. The van der Waals surface area contributed by atoms with Crippen LogP contribution in [0.4, 0.5) is 0 Å². The molecule has 0 N–H and O–H groups in total. The molecule has 1 atom stereocenters. The van der Waals surface area contributed by atoms with E-state index in [1.807, 2.05) is 22.7 Å². The number of benzene rings is 8. The van der Waals surface area contributed by atoms with Crippen molar-refractivity contribution in [2.75, 3.05) is 0 Å². The summed E-state index contributed by atoms with van der Waals surface area (Å²) in [5.41, 5.74) is 13.1. The second-order valence-electron chi connectivity index (χ2n) is 14.4. The number of rotatable bonds is 4. The third kappa shape index (κ3) is 4.72. The summed E-state index contributed by atoms with van der Waals surface area (Å²) in [5, 5.41) is 6.25. The molecular formula is C51H30N2S2. The van der Waals surface area contributed by atoms with Crippen LogP contribution in [0.15, 0.2) is 176 Å². The Morgan fingerprint density at radius 3 is 1.78 bits per heavy atom. The molecule has 12 rings (SSSR count). The second-order valence-corrected chi connectivity index (χ2v) is 16.5. The summed E-state index contributed by atoms with van der Waals surface area (Å²) in [7, 11) is 0. The molecule has 11 aromatic rings. The minimum Gasteiger partial charge on any atom is -0.228 e. The van der Waals surface area contributed by atoms with Crippen molar-refractivity contribution in [1.29, 1.82) is 0 Å². The van der Waals surface area contributed by atoms with Crippen molar-refractivity contribution in [1.82, 2.24) is 9.97 Å². The first-order valence-corrected chi connectivity index (χ1v) is 20.3. The molecule has 256 valence electrons. The second kappa shape index (κ2) is 12.0. The van der Waals surface area contributed by atoms with Crippen molar-refractivity contribution >= 4 is 73.9 Å². The topological polar surface area (TPSA) is 25.8 Å². The third-order valence-electron chi connectivity index (χ3n) is 11.4. The molecule has 8 aromatic carbocycles. The largest absolute Gasteiger partial charge is 0.228 e. The van der Waals surface area contributed by atoms with Gasteiger partial charge in [-0.25, -0.2) is 9.97 Å². The summed E-state index contributed by atoms with van der Waals surface area (Å²) in [6.45, 7) is 0. The quantitative estimate of drug-likeness (QED) is 0.180. The van der Waals surface area contributed by atoms with Gasteiger partial charge >= 0.3 is 0 Å². The number of aromatic nitrogens is 2. The van der Waals surface area contributed by atoms with Gasteiger partial charge in [-0.05, 0) is 75.3 Å². The highest BCUT2D eigenvalue weighted by molar-refractivity contribution is 7.26. The molecule has 1 aliphatic carbocycles. The molecule has 0 fully saturated rings. The van der Waals surface area contributed by atoms with E-state index in [1.165, 1.54) is 79.3 Å². The Kier molecular flexibility index (Phi) is 6.77. The fourth-order valence-electron chi connectivity index (χ4n) is 8.89. The normalized spacial score (nSPS) is 13.6. The molecule has 3 aromatic heterocycles. The Bertz CT molecular complexity index is 3340. The van der Waals surface area contributed by atoms with Crippen molar-refractivity contribution in [2.24, 2.45) is 0 Å². The van der Waals surface area contributed by atoms with E-state index < -0.39 is 0 Å². The predicted octanol–water partition coefficient (Wildman–Crippen LogP) is 14.5. The maximum absolute atomic E-state index is 5.40. The van der Waals surface area contributed by atoms with Gasteiger partial charge in [0.2, 0.25) is 0 Å². The Morgan fingerprint density at radius 1 is 0.382 bits per heavy atom. The van der Waals surface area contributed by atoms with Crippen LogP contribution in [0.25, 0.3) is 96.1 Å². The van der Waals surface area contributed by atoms with Crippen molar-refractivity contribution in [2.45, 2.75) is 5.92 Å². The standard InChI is InChI=1S/C51H30N2S2/c1-2-12-30(13-3-1)48-43-29-32(25-27-44(43)52-51(53-48)41-21-11-20-40-36-16-7-9-23-46(36)55-50(40)41)47-37-17-5-4-14-34(37)42-28-31(24-26-38(42)47)33-18-10-19-39-35-15-6-8-22-45(35)54-49(33)39/h1-29,47H. The average molecular weight is 735 g/mol. The fourth-order valence-corrected chi connectivity index (χ4v) is 11.3. The summed E-state index contributed by atoms with van der Waals surface area (Å²) in [4.78, 5) is 10.7. The maximum atomic E-state index is 5.40. The molecule has 0 saturated carbocycles. The summed E-state index contributed by atoms with van der Waals surface area (Å²) in [6.07, 6.45) is 0. The number of hydrogen-bond donors (Lipinski definition) is 0. The van der Waals surface area contributed by atoms with Gasteiger partial charge < -0.3 is 0 Å². The molecule has 4 heteroatoms. The zero-order valence-corrected chi connectivity index (χ0v) is 31.2. The SMILES string of the molecule is c1ccc(-c2nc(-c3cccc4c3sc3ccccc34)nc3ccc(C4c5ccccc5-c5cc(-c6cccc7c6sc6ccccc67)ccc54)cc23)cc1. The van der Waals surface area contributed by atoms with Crippen LogP contribution in [-0.2, 0) is 0 Å². The van der Waals surface area contributed by atoms with Gasteiger partial charge in [0.05, 0.1) is 11.2 Å². The molecule has 0 aliphatic heterocycles. The van der Waals surface area contributed by atoms with Crippen LogP contribution < -0.4 is 0 Å². The number of nitrogens with zero attached hydrogens (tertiary/aromatic N) is 2. The summed E-state index contributed by atoms with van der Waals surface area (Å²) in [5.74, 6) is 0.856. The Labute approximate surface area is 325 Å². The van der Waals surface area contributed by atoms with E-state index >= 15 is 0 Å². The van der Waals surface area contributed by atoms with Gasteiger partial charge in [0.25, 0.3) is 0 Å². The van der Waals surface area contributed by atoms with Crippen LogP contribution in [0.2, 0.25) is 0 Å². The number of fused-ring (bicyclic) bond motifs is 10. The van der Waals surface area contributed by atoms with Gasteiger partial charge in [0, 0.05) is 62.8 Å². The smallest absolute Gasteiger partial charge is 0.161 e. The molecule has 3 heterocycles. The van der Waals surface area contributed by atoms with E-state index in [4.69, 9.17) is 9.97 Å². The maximum Gasteiger partial charge on any atom is 0.161 e. The van der Waals surface area contributed by atoms with Crippen LogP contribution in [0.5, 0.6) is 0 Å². The minimum absolute atomic E-state index is 0.0976. The lowest BCUT2D eigenvalue weighted by atomic mass is 9.87. The van der Waals surface area contributed by atoms with Gasteiger partial charge in [-0.2, -0.15) is 0 Å². The van der Waals surface area contributed by atoms with Gasteiger partial charge in [-0.3, -0.25) is 0 Å². The molecule has 1 aliphatic rings. The van der Waals surface area contributed by atoms with Gasteiger partial charge in [-0.1, -0.05) is 140 Å². The van der Waals surface area contributed by atoms with Crippen molar-refractivity contribution in [3.05, 3.63) is 193 Å². The van der Waals surface area contributed by atoms with E-state index in [0.29, 0.717) is 0 Å². The average Bonchev–Trinajstić information content (AvgIpc) is 3.93. The lowest BCUT2D eigenvalue weighted by Crippen LogP contribution is -2.01. The van der Waals surface area contributed by atoms with E-state index in [0.717, 1.165) is 33.5 Å². The molecule has 1 unspecified atom stereocenters. The third-order valence-corrected chi connectivity index (χ3v) is 13.8. The van der Waals surface area contributed by atoms with Gasteiger partial charge in [0.15, 0.2) is 5.82 Å². The van der Waals surface area contributed by atoms with Crippen LogP contribution in [-0.4, -0.2) is 9.97 Å². The minimum atomic E-state index is 0.0976. The summed E-state index contributed by atoms with van der Waals surface area (Å²) >= 11 is 3.71. The van der Waals surface area contributed by atoms with E-state index in [-0.39, 0.29) is 5.92 Å². The van der Waals surface area contributed by atoms with E-state index in [2.05, 4.69) is 176 Å². The zero-order valence-electron chi connectivity index (χ0n) is 29.5. The van der Waals surface area contributed by atoms with Crippen molar-refractivity contribution in [3.8, 4) is 44.9 Å². The summed E-state index contributed by atoms with van der Waals surface area (Å²) in [6, 6.07) is 64.2. The first-order valence-electron chi connectivity index (χ1n) is 18.7.